The van der Waals surface area contributed by atoms with Crippen molar-refractivity contribution < 1.29 is 18.0 Å². The summed E-state index contributed by atoms with van der Waals surface area (Å²) < 4.78 is 22.0. The number of sulfonamides is 1. The van der Waals surface area contributed by atoms with Gasteiger partial charge in [-0.3, -0.25) is 9.59 Å². The molecule has 2 aromatic rings. The Balaban J connectivity index is 1.85. The van der Waals surface area contributed by atoms with Crippen molar-refractivity contribution in [2.45, 2.75) is 18.6 Å². The van der Waals surface area contributed by atoms with Crippen LogP contribution in [0.3, 0.4) is 0 Å². The zero-order valence-corrected chi connectivity index (χ0v) is 13.8. The predicted octanol–water partition coefficient (Wildman–Crippen LogP) is 2.08. The molecule has 0 saturated heterocycles. The maximum Gasteiger partial charge on any atom is 0.224 e. The Labute approximate surface area is 140 Å². The van der Waals surface area contributed by atoms with Crippen LogP contribution in [-0.4, -0.2) is 20.1 Å². The zero-order valence-electron chi connectivity index (χ0n) is 12.9. The number of primary sulfonamides is 1. The molecule has 3 N–H and O–H groups in total. The van der Waals surface area contributed by atoms with Gasteiger partial charge in [0, 0.05) is 24.1 Å². The number of ketones is 1. The highest BCUT2D eigenvalue weighted by Gasteiger charge is 2.10. The van der Waals surface area contributed by atoms with Crippen LogP contribution >= 0.6 is 0 Å². The summed E-state index contributed by atoms with van der Waals surface area (Å²) in [7, 11) is -3.58. The van der Waals surface area contributed by atoms with E-state index in [0.29, 0.717) is 16.8 Å². The van der Waals surface area contributed by atoms with Gasteiger partial charge in [0.15, 0.2) is 5.78 Å². The average Bonchev–Trinajstić information content (AvgIpc) is 2.54. The number of benzene rings is 2. The molecule has 126 valence electrons. The molecule has 6 nitrogen and oxygen atoms in total. The molecule has 0 spiro atoms. The van der Waals surface area contributed by atoms with Crippen LogP contribution < -0.4 is 10.5 Å². The van der Waals surface area contributed by atoms with E-state index in [1.54, 1.807) is 48.5 Å². The summed E-state index contributed by atoms with van der Waals surface area (Å²) in [4.78, 5) is 23.8. The van der Waals surface area contributed by atoms with Crippen molar-refractivity contribution in [1.29, 1.82) is 0 Å². The van der Waals surface area contributed by atoms with E-state index in [4.69, 9.17) is 5.14 Å². The molecule has 0 aliphatic rings. The van der Waals surface area contributed by atoms with Gasteiger partial charge in [-0.25, -0.2) is 13.6 Å². The summed E-state index contributed by atoms with van der Waals surface area (Å²) in [6.45, 7) is 0. The number of nitrogens with two attached hydrogens (primary N) is 1. The topological polar surface area (TPSA) is 106 Å². The molecule has 0 bridgehead atoms. The van der Waals surface area contributed by atoms with Gasteiger partial charge in [-0.05, 0) is 17.7 Å². The highest BCUT2D eigenvalue weighted by Crippen LogP contribution is 2.12. The van der Waals surface area contributed by atoms with Crippen molar-refractivity contribution in [1.82, 2.24) is 0 Å². The lowest BCUT2D eigenvalue weighted by Gasteiger charge is -2.06. The van der Waals surface area contributed by atoms with E-state index in [1.807, 2.05) is 6.07 Å². The Morgan fingerprint density at radius 2 is 1.54 bits per heavy atom. The molecule has 24 heavy (non-hydrogen) atoms. The Hall–Kier alpha value is -2.51. The van der Waals surface area contributed by atoms with E-state index in [1.165, 1.54) is 0 Å². The first kappa shape index (κ1) is 17.8. The maximum atomic E-state index is 11.9. The number of amides is 1. The Morgan fingerprint density at radius 3 is 2.12 bits per heavy atom. The number of hydrogen-bond acceptors (Lipinski definition) is 4. The number of hydrogen-bond donors (Lipinski definition) is 2. The van der Waals surface area contributed by atoms with Gasteiger partial charge in [-0.1, -0.05) is 42.5 Å². The van der Waals surface area contributed by atoms with Gasteiger partial charge in [-0.15, -0.1) is 0 Å². The van der Waals surface area contributed by atoms with Crippen LogP contribution in [0, 0.1) is 0 Å². The van der Waals surface area contributed by atoms with E-state index in [-0.39, 0.29) is 30.3 Å². The molecule has 0 unspecified atom stereocenters. The zero-order chi connectivity index (χ0) is 17.6. The molecule has 2 aromatic carbocycles. The molecule has 0 aromatic heterocycles. The number of anilines is 1. The van der Waals surface area contributed by atoms with Crippen molar-refractivity contribution in [3.63, 3.8) is 0 Å². The molecule has 0 aliphatic carbocycles. The Bertz CT molecular complexity index is 815. The number of nitrogens with one attached hydrogen (secondary N) is 1. The van der Waals surface area contributed by atoms with Crippen molar-refractivity contribution in [2.75, 3.05) is 5.32 Å². The molecule has 0 heterocycles. The van der Waals surface area contributed by atoms with Gasteiger partial charge in [0.1, 0.15) is 0 Å². The van der Waals surface area contributed by atoms with Crippen LogP contribution in [0.25, 0.3) is 0 Å². The minimum absolute atomic E-state index is 0.0760. The first-order valence-electron chi connectivity index (χ1n) is 7.31. The summed E-state index contributed by atoms with van der Waals surface area (Å²) in [5.74, 6) is -0.625. The average molecular weight is 346 g/mol. The third-order valence-corrected chi connectivity index (χ3v) is 4.02. The van der Waals surface area contributed by atoms with Gasteiger partial charge in [-0.2, -0.15) is 0 Å². The van der Waals surface area contributed by atoms with Crippen molar-refractivity contribution in [3.8, 4) is 0 Å². The van der Waals surface area contributed by atoms with E-state index in [2.05, 4.69) is 5.32 Å². The molecule has 0 radical (unpaired) electrons. The van der Waals surface area contributed by atoms with E-state index in [9.17, 15) is 18.0 Å². The largest absolute Gasteiger partial charge is 0.326 e. The SMILES string of the molecule is NS(=O)(=O)Cc1ccc(NC(=O)CCC(=O)c2ccccc2)cc1. The predicted molar refractivity (Wildman–Crippen MR) is 91.9 cm³/mol. The molecule has 1 amide bonds. The fourth-order valence-corrected chi connectivity index (χ4v) is 2.79. The quantitative estimate of drug-likeness (QED) is 0.748. The lowest BCUT2D eigenvalue weighted by molar-refractivity contribution is -0.116. The number of carbonyl (C=O) groups excluding carboxylic acids is 2. The van der Waals surface area contributed by atoms with Crippen LogP contribution in [0.1, 0.15) is 28.8 Å². The second-order valence-electron chi connectivity index (χ2n) is 5.34. The van der Waals surface area contributed by atoms with Crippen LogP contribution in [-0.2, 0) is 20.6 Å². The lowest BCUT2D eigenvalue weighted by Crippen LogP contribution is -2.15. The molecular formula is C17H18N2O4S. The van der Waals surface area contributed by atoms with Crippen LogP contribution in [0.15, 0.2) is 54.6 Å². The van der Waals surface area contributed by atoms with Crippen molar-refractivity contribution in [3.05, 3.63) is 65.7 Å². The smallest absolute Gasteiger partial charge is 0.224 e. The summed E-state index contributed by atoms with van der Waals surface area (Å²) in [5.41, 5.74) is 1.65. The van der Waals surface area contributed by atoms with Gasteiger partial charge >= 0.3 is 0 Å². The summed E-state index contributed by atoms with van der Waals surface area (Å²) in [6.07, 6.45) is 0.200. The Kier molecular flexibility index (Phi) is 5.83. The highest BCUT2D eigenvalue weighted by atomic mass is 32.2. The molecule has 0 aliphatic heterocycles. The van der Waals surface area contributed by atoms with Gasteiger partial charge in [0.25, 0.3) is 0 Å². The molecule has 2 rings (SSSR count). The molecule has 7 heteroatoms. The molecule has 0 atom stereocenters. The van der Waals surface area contributed by atoms with Gasteiger partial charge in [0.2, 0.25) is 15.9 Å². The second kappa shape index (κ2) is 7.85. The standard InChI is InChI=1S/C17H18N2O4S/c18-24(22,23)12-13-6-8-15(9-7-13)19-17(21)11-10-16(20)14-4-2-1-3-5-14/h1-9H,10-12H2,(H,19,21)(H2,18,22,23). The second-order valence-corrected chi connectivity index (χ2v) is 6.96. The van der Waals surface area contributed by atoms with Crippen molar-refractivity contribution in [2.24, 2.45) is 5.14 Å². The molecular weight excluding hydrogens is 328 g/mol. The fourth-order valence-electron chi connectivity index (χ4n) is 2.14. The lowest BCUT2D eigenvalue weighted by atomic mass is 10.1. The first-order chi connectivity index (χ1) is 11.3. The minimum Gasteiger partial charge on any atom is -0.326 e. The van der Waals surface area contributed by atoms with E-state index in [0.717, 1.165) is 0 Å². The van der Waals surface area contributed by atoms with E-state index >= 15 is 0 Å². The van der Waals surface area contributed by atoms with Gasteiger partial charge < -0.3 is 5.32 Å². The molecule has 0 fully saturated rings. The normalized spacial score (nSPS) is 11.0. The van der Waals surface area contributed by atoms with Crippen LogP contribution in [0.2, 0.25) is 0 Å². The van der Waals surface area contributed by atoms with E-state index < -0.39 is 10.0 Å². The number of Topliss-reactive ketones (excluding diaryl/α,β-unsaturated/α-hetero) is 1. The van der Waals surface area contributed by atoms with Crippen LogP contribution in [0.4, 0.5) is 5.69 Å². The highest BCUT2D eigenvalue weighted by molar-refractivity contribution is 7.88. The molecule has 0 saturated carbocycles. The summed E-state index contributed by atoms with van der Waals surface area (Å²) >= 11 is 0. The number of rotatable bonds is 7. The third kappa shape index (κ3) is 5.94. The summed E-state index contributed by atoms with van der Waals surface area (Å²) in [6, 6.07) is 15.1. The Morgan fingerprint density at radius 1 is 0.917 bits per heavy atom. The van der Waals surface area contributed by atoms with Crippen LogP contribution in [0.5, 0.6) is 0 Å². The maximum absolute atomic E-state index is 11.9. The number of carbonyl (C=O) groups is 2. The van der Waals surface area contributed by atoms with Crippen molar-refractivity contribution >= 4 is 27.4 Å². The monoisotopic (exact) mass is 346 g/mol. The fraction of sp³-hybridized carbons (Fsp3) is 0.176. The first-order valence-corrected chi connectivity index (χ1v) is 9.02. The minimum atomic E-state index is -3.58. The third-order valence-electron chi connectivity index (χ3n) is 3.28. The van der Waals surface area contributed by atoms with Gasteiger partial charge in [0.05, 0.1) is 5.75 Å². The summed E-state index contributed by atoms with van der Waals surface area (Å²) in [5, 5.41) is 7.64.